The van der Waals surface area contributed by atoms with Crippen molar-refractivity contribution in [2.45, 2.75) is 86.3 Å². The van der Waals surface area contributed by atoms with Crippen LogP contribution in [-0.4, -0.2) is 60.0 Å². The van der Waals surface area contributed by atoms with Crippen LogP contribution in [0.25, 0.3) is 0 Å². The molecule has 1 aliphatic heterocycles. The number of aromatic nitrogens is 1. The molecule has 200 valence electrons. The van der Waals surface area contributed by atoms with Crippen LogP contribution in [0.3, 0.4) is 0 Å². The van der Waals surface area contributed by atoms with E-state index in [9.17, 15) is 4.79 Å². The molecule has 1 saturated heterocycles. The molecule has 4 aliphatic carbocycles. The van der Waals surface area contributed by atoms with Gasteiger partial charge in [-0.1, -0.05) is 30.0 Å². The van der Waals surface area contributed by atoms with Crippen LogP contribution in [0, 0.1) is 17.8 Å². The molecular formula is C29H39N3O4S. The van der Waals surface area contributed by atoms with Crippen molar-refractivity contribution in [1.82, 2.24) is 15.4 Å². The lowest BCUT2D eigenvalue weighted by Gasteiger charge is -2.56. The Morgan fingerprint density at radius 2 is 1.73 bits per heavy atom. The van der Waals surface area contributed by atoms with Crippen molar-refractivity contribution in [2.75, 3.05) is 26.2 Å². The first kappa shape index (κ1) is 25.3. The molecule has 1 aromatic heterocycles. The number of morpholine rings is 1. The van der Waals surface area contributed by atoms with Gasteiger partial charge in [-0.3, -0.25) is 9.69 Å². The third-order valence-corrected chi connectivity index (χ3v) is 9.63. The van der Waals surface area contributed by atoms with Crippen LogP contribution in [0.1, 0.15) is 69.3 Å². The van der Waals surface area contributed by atoms with Gasteiger partial charge >= 0.3 is 0 Å². The fourth-order valence-electron chi connectivity index (χ4n) is 7.69. The molecule has 1 N–H and O–H groups in total. The highest BCUT2D eigenvalue weighted by atomic mass is 32.2. The normalized spacial score (nSPS) is 33.0. The van der Waals surface area contributed by atoms with E-state index < -0.39 is 0 Å². The zero-order chi connectivity index (χ0) is 25.4. The molecule has 2 heterocycles. The van der Waals surface area contributed by atoms with E-state index in [2.05, 4.69) is 29.2 Å². The van der Waals surface area contributed by atoms with Crippen molar-refractivity contribution in [3.63, 3.8) is 0 Å². The van der Waals surface area contributed by atoms with Crippen molar-refractivity contribution in [3.05, 3.63) is 36.1 Å². The second-order valence-corrected chi connectivity index (χ2v) is 13.0. The highest BCUT2D eigenvalue weighted by Gasteiger charge is 2.52. The first-order valence-corrected chi connectivity index (χ1v) is 14.8. The Hall–Kier alpha value is -2.03. The number of carbonyl (C=O) groups excluding carboxylic acids is 1. The summed E-state index contributed by atoms with van der Waals surface area (Å²) in [6, 6.07) is 10.0. The lowest BCUT2D eigenvalue weighted by atomic mass is 9.53. The quantitative estimate of drug-likeness (QED) is 0.439. The molecule has 37 heavy (non-hydrogen) atoms. The predicted octanol–water partition coefficient (Wildman–Crippen LogP) is 5.40. The number of carbonyl (C=O) groups is 1. The minimum absolute atomic E-state index is 0.0826. The maximum Gasteiger partial charge on any atom is 0.291 e. The van der Waals surface area contributed by atoms with Crippen LogP contribution in [0.5, 0.6) is 5.88 Å². The minimum Gasteiger partial charge on any atom is -0.475 e. The van der Waals surface area contributed by atoms with Gasteiger partial charge in [0.15, 0.2) is 0 Å². The van der Waals surface area contributed by atoms with Gasteiger partial charge in [-0.25, -0.2) is 0 Å². The van der Waals surface area contributed by atoms with Gasteiger partial charge in [0, 0.05) is 30.1 Å². The number of rotatable bonds is 9. The van der Waals surface area contributed by atoms with Crippen molar-refractivity contribution < 1.29 is 18.8 Å². The summed E-state index contributed by atoms with van der Waals surface area (Å²) in [5, 5.41) is 7.66. The topological polar surface area (TPSA) is 76.8 Å². The highest BCUT2D eigenvalue weighted by Crippen LogP contribution is 2.55. The van der Waals surface area contributed by atoms with Gasteiger partial charge in [0.25, 0.3) is 11.8 Å². The smallest absolute Gasteiger partial charge is 0.291 e. The molecule has 2 atom stereocenters. The van der Waals surface area contributed by atoms with E-state index in [0.717, 1.165) is 68.0 Å². The molecule has 8 heteroatoms. The Morgan fingerprint density at radius 3 is 2.38 bits per heavy atom. The molecule has 1 aromatic carbocycles. The van der Waals surface area contributed by atoms with Gasteiger partial charge in [-0.05, 0) is 93.8 Å². The van der Waals surface area contributed by atoms with Gasteiger partial charge in [0.1, 0.15) is 4.90 Å². The SMILES string of the molecule is C[C@@H]1CN(CCCOc2noc(C(=O)NC34CC5CC(CC(C5)C3)C4)c2Sc2ccccc2)C[C@H](C)O1. The fourth-order valence-corrected chi connectivity index (χ4v) is 8.62. The van der Waals surface area contributed by atoms with E-state index in [1.807, 2.05) is 30.3 Å². The van der Waals surface area contributed by atoms with Gasteiger partial charge < -0.3 is 19.3 Å². The first-order chi connectivity index (χ1) is 17.9. The van der Waals surface area contributed by atoms with Crippen LogP contribution in [-0.2, 0) is 4.74 Å². The molecule has 7 rings (SSSR count). The molecule has 5 fully saturated rings. The molecular weight excluding hydrogens is 486 g/mol. The van der Waals surface area contributed by atoms with Crippen LogP contribution in [0.2, 0.25) is 0 Å². The summed E-state index contributed by atoms with van der Waals surface area (Å²) >= 11 is 1.49. The van der Waals surface area contributed by atoms with Crippen molar-refractivity contribution in [1.29, 1.82) is 0 Å². The molecule has 0 unspecified atom stereocenters. The van der Waals surface area contributed by atoms with E-state index in [4.69, 9.17) is 14.0 Å². The molecule has 0 spiro atoms. The van der Waals surface area contributed by atoms with E-state index in [1.165, 1.54) is 31.0 Å². The Morgan fingerprint density at radius 1 is 1.08 bits per heavy atom. The van der Waals surface area contributed by atoms with Crippen molar-refractivity contribution in [2.24, 2.45) is 17.8 Å². The van der Waals surface area contributed by atoms with Crippen LogP contribution < -0.4 is 10.1 Å². The Kier molecular flexibility index (Phi) is 7.25. The predicted molar refractivity (Wildman–Crippen MR) is 142 cm³/mol. The molecule has 1 amide bonds. The maximum absolute atomic E-state index is 13.6. The van der Waals surface area contributed by atoms with Crippen molar-refractivity contribution in [3.8, 4) is 5.88 Å². The third kappa shape index (κ3) is 5.71. The third-order valence-electron chi connectivity index (χ3n) is 8.56. The number of benzene rings is 1. The van der Waals surface area contributed by atoms with Crippen LogP contribution >= 0.6 is 11.8 Å². The van der Waals surface area contributed by atoms with Gasteiger partial charge in [0.05, 0.1) is 18.8 Å². The lowest BCUT2D eigenvalue weighted by molar-refractivity contribution is -0.0686. The minimum atomic E-state index is -0.154. The summed E-state index contributed by atoms with van der Waals surface area (Å²) in [4.78, 5) is 17.7. The molecule has 2 aromatic rings. The zero-order valence-corrected chi connectivity index (χ0v) is 22.8. The Balaban J connectivity index is 1.14. The molecule has 0 radical (unpaired) electrons. The largest absolute Gasteiger partial charge is 0.475 e. The van der Waals surface area contributed by atoms with Gasteiger partial charge in [0.2, 0.25) is 5.76 Å². The second-order valence-electron chi connectivity index (χ2n) is 11.9. The number of nitrogens with zero attached hydrogens (tertiary/aromatic N) is 2. The number of hydrogen-bond acceptors (Lipinski definition) is 7. The molecule has 4 bridgehead atoms. The average molecular weight is 526 g/mol. The summed E-state index contributed by atoms with van der Waals surface area (Å²) < 4.78 is 17.6. The Bertz CT molecular complexity index is 1040. The first-order valence-electron chi connectivity index (χ1n) is 14.0. The standard InChI is InChI=1S/C29H39N3O4S/c1-19-17-32(18-20(2)35-19)9-6-10-34-28-26(37-24-7-4-3-5-8-24)25(36-31-28)27(33)30-29-14-21-11-22(15-29)13-23(12-21)16-29/h3-5,7-8,19-23H,6,9-18H2,1-2H3,(H,30,33)/t19-,20+,21?,22?,23?,29?. The van der Waals surface area contributed by atoms with Crippen molar-refractivity contribution >= 4 is 17.7 Å². The number of ether oxygens (including phenoxy) is 2. The molecule has 5 aliphatic rings. The number of hydrogen-bond donors (Lipinski definition) is 1. The summed E-state index contributed by atoms with van der Waals surface area (Å²) in [6.45, 7) is 7.59. The lowest BCUT2D eigenvalue weighted by Crippen LogP contribution is -2.59. The number of amides is 1. The highest BCUT2D eigenvalue weighted by molar-refractivity contribution is 7.99. The summed E-state index contributed by atoms with van der Waals surface area (Å²) in [7, 11) is 0. The summed E-state index contributed by atoms with van der Waals surface area (Å²) in [5.74, 6) is 2.81. The fraction of sp³-hybridized carbons (Fsp3) is 0.655. The maximum atomic E-state index is 13.6. The molecule has 7 nitrogen and oxygen atoms in total. The van der Waals surface area contributed by atoms with Gasteiger partial charge in [-0.2, -0.15) is 0 Å². The monoisotopic (exact) mass is 525 g/mol. The van der Waals surface area contributed by atoms with Gasteiger partial charge in [-0.15, -0.1) is 0 Å². The van der Waals surface area contributed by atoms with E-state index >= 15 is 0 Å². The average Bonchev–Trinajstić information content (AvgIpc) is 3.23. The summed E-state index contributed by atoms with van der Waals surface area (Å²) in [6.07, 6.45) is 8.70. The summed E-state index contributed by atoms with van der Waals surface area (Å²) in [5.41, 5.74) is -0.0826. The van der Waals surface area contributed by atoms with E-state index in [1.54, 1.807) is 0 Å². The van der Waals surface area contributed by atoms with Crippen LogP contribution in [0.15, 0.2) is 44.6 Å². The number of nitrogens with one attached hydrogen (secondary N) is 1. The van der Waals surface area contributed by atoms with Crippen LogP contribution in [0.4, 0.5) is 0 Å². The van der Waals surface area contributed by atoms with E-state index in [0.29, 0.717) is 17.4 Å². The Labute approximate surface area is 224 Å². The second kappa shape index (κ2) is 10.6. The van der Waals surface area contributed by atoms with E-state index in [-0.39, 0.29) is 29.4 Å². The zero-order valence-electron chi connectivity index (χ0n) is 22.0. The molecule has 4 saturated carbocycles.